The molecule has 0 bridgehead atoms. The van der Waals surface area contributed by atoms with Gasteiger partial charge in [0.25, 0.3) is 0 Å². The monoisotopic (exact) mass is 171 g/mol. The van der Waals surface area contributed by atoms with E-state index in [-0.39, 0.29) is 0 Å². The first kappa shape index (κ1) is 9.22. The largest absolute Gasteiger partial charge is 0.334 e. The van der Waals surface area contributed by atoms with Gasteiger partial charge in [-0.15, -0.1) is 0 Å². The van der Waals surface area contributed by atoms with Crippen molar-refractivity contribution >= 4 is 22.9 Å². The van der Waals surface area contributed by atoms with Crippen molar-refractivity contribution < 1.29 is 13.0 Å². The van der Waals surface area contributed by atoms with Crippen molar-refractivity contribution in [1.29, 1.82) is 0 Å². The van der Waals surface area contributed by atoms with Gasteiger partial charge in [-0.05, 0) is 6.42 Å². The van der Waals surface area contributed by atoms with Gasteiger partial charge in [0.15, 0.2) is 0 Å². The van der Waals surface area contributed by atoms with E-state index in [9.17, 15) is 8.42 Å². The summed E-state index contributed by atoms with van der Waals surface area (Å²) in [6.07, 6.45) is 0.531. The molecule has 0 aliphatic carbocycles. The van der Waals surface area contributed by atoms with Gasteiger partial charge in [-0.2, -0.15) is 25.8 Å². The second-order valence-electron chi connectivity index (χ2n) is 1.52. The van der Waals surface area contributed by atoms with E-state index in [0.29, 0.717) is 6.42 Å². The minimum Gasteiger partial charge on any atom is -0.273 e. The lowest BCUT2D eigenvalue weighted by atomic mass is 10.5. The fourth-order valence-electron chi connectivity index (χ4n) is 0.255. The van der Waals surface area contributed by atoms with Crippen molar-refractivity contribution in [2.24, 2.45) is 0 Å². The van der Waals surface area contributed by atoms with Crippen LogP contribution >= 0.6 is 12.6 Å². The second kappa shape index (κ2) is 3.40. The Bertz CT molecular complexity index is 164. The molecule has 0 aliphatic rings. The van der Waals surface area contributed by atoms with Crippen molar-refractivity contribution in [3.63, 3.8) is 0 Å². The van der Waals surface area contributed by atoms with Crippen molar-refractivity contribution in [1.82, 2.24) is 4.72 Å². The predicted octanol–water partition coefficient (Wildman–Crippen LogP) is 0.0447. The fourth-order valence-corrected chi connectivity index (χ4v) is 1.17. The van der Waals surface area contributed by atoms with Gasteiger partial charge in [0.1, 0.15) is 0 Å². The predicted molar refractivity (Wildman–Crippen MR) is 37.7 cm³/mol. The number of thiol groups is 1. The maximum Gasteiger partial charge on any atom is 0.334 e. The topological polar surface area (TPSA) is 66.4 Å². The van der Waals surface area contributed by atoms with Crippen LogP contribution in [0, 0.1) is 0 Å². The Morgan fingerprint density at radius 1 is 1.78 bits per heavy atom. The molecule has 0 aromatic rings. The van der Waals surface area contributed by atoms with E-state index < -0.39 is 15.7 Å². The Kier molecular flexibility index (Phi) is 3.49. The summed E-state index contributed by atoms with van der Waals surface area (Å²) < 4.78 is 30.0. The van der Waals surface area contributed by atoms with Crippen LogP contribution in [0.5, 0.6) is 0 Å². The Hall–Kier alpha value is 0.220. The highest BCUT2D eigenvalue weighted by atomic mass is 32.2. The Labute approximate surface area is 59.9 Å². The van der Waals surface area contributed by atoms with Gasteiger partial charge in [-0.1, -0.05) is 6.92 Å². The first-order valence-corrected chi connectivity index (χ1v) is 4.34. The van der Waals surface area contributed by atoms with Crippen molar-refractivity contribution in [2.45, 2.75) is 18.7 Å². The zero-order valence-electron chi connectivity index (χ0n) is 4.90. The minimum absolute atomic E-state index is 0.500. The van der Waals surface area contributed by atoms with Crippen molar-refractivity contribution in [2.75, 3.05) is 0 Å². The molecule has 1 atom stereocenters. The summed E-state index contributed by atoms with van der Waals surface area (Å²) in [5.74, 6) is 0. The highest BCUT2D eigenvalue weighted by Crippen LogP contribution is 1.95. The minimum atomic E-state index is -4.06. The van der Waals surface area contributed by atoms with E-state index in [1.807, 2.05) is 4.72 Å². The standard InChI is InChI=1S/C3H9NO3S2/c1-2-3(8)4-9(5,6)7/h3-4,8H,2H2,1H3,(H,5,6,7). The normalized spacial score (nSPS) is 15.4. The van der Waals surface area contributed by atoms with E-state index in [1.165, 1.54) is 0 Å². The molecule has 6 heteroatoms. The zero-order chi connectivity index (χ0) is 7.49. The molecular weight excluding hydrogens is 162 g/mol. The van der Waals surface area contributed by atoms with E-state index in [0.717, 1.165) is 0 Å². The van der Waals surface area contributed by atoms with E-state index in [1.54, 1.807) is 6.92 Å². The maximum absolute atomic E-state index is 10.00. The Morgan fingerprint density at radius 2 is 2.22 bits per heavy atom. The summed E-state index contributed by atoms with van der Waals surface area (Å²) in [6, 6.07) is 0. The lowest BCUT2D eigenvalue weighted by Gasteiger charge is -2.05. The summed E-state index contributed by atoms with van der Waals surface area (Å²) in [4.78, 5) is 0. The summed E-state index contributed by atoms with van der Waals surface area (Å²) in [5, 5.41) is -0.500. The molecule has 0 fully saturated rings. The van der Waals surface area contributed by atoms with Gasteiger partial charge in [-0.25, -0.2) is 0 Å². The summed E-state index contributed by atoms with van der Waals surface area (Å²) in [7, 11) is -4.06. The van der Waals surface area contributed by atoms with Gasteiger partial charge in [0.05, 0.1) is 5.37 Å². The molecule has 9 heavy (non-hydrogen) atoms. The molecule has 56 valence electrons. The Balaban J connectivity index is 3.75. The van der Waals surface area contributed by atoms with Crippen LogP contribution in [0.4, 0.5) is 0 Å². The smallest absolute Gasteiger partial charge is 0.273 e. The molecule has 0 aliphatic heterocycles. The van der Waals surface area contributed by atoms with Crippen LogP contribution in [0.2, 0.25) is 0 Å². The van der Waals surface area contributed by atoms with Gasteiger partial charge in [-0.3, -0.25) is 4.55 Å². The third kappa shape index (κ3) is 6.10. The second-order valence-corrected chi connectivity index (χ2v) is 3.33. The van der Waals surface area contributed by atoms with Gasteiger partial charge in [0, 0.05) is 0 Å². The fraction of sp³-hybridized carbons (Fsp3) is 1.00. The quantitative estimate of drug-likeness (QED) is 0.319. The third-order valence-electron chi connectivity index (χ3n) is 0.672. The summed E-state index contributed by atoms with van der Waals surface area (Å²) in [6.45, 7) is 1.75. The molecule has 0 rings (SSSR count). The number of rotatable bonds is 3. The molecule has 0 radical (unpaired) electrons. The molecule has 4 nitrogen and oxygen atoms in total. The molecule has 0 aromatic carbocycles. The average Bonchev–Trinajstić information content (AvgIpc) is 1.62. The van der Waals surface area contributed by atoms with Crippen LogP contribution in [0.3, 0.4) is 0 Å². The first-order chi connectivity index (χ1) is 3.95. The zero-order valence-corrected chi connectivity index (χ0v) is 6.61. The van der Waals surface area contributed by atoms with E-state index in [2.05, 4.69) is 12.6 Å². The highest BCUT2D eigenvalue weighted by Gasteiger charge is 2.07. The molecule has 0 amide bonds. The lowest BCUT2D eigenvalue weighted by Crippen LogP contribution is -2.29. The van der Waals surface area contributed by atoms with E-state index >= 15 is 0 Å². The summed E-state index contributed by atoms with van der Waals surface area (Å²) in [5.41, 5.74) is 0. The number of hydrogen-bond donors (Lipinski definition) is 3. The van der Waals surface area contributed by atoms with Gasteiger partial charge in [0.2, 0.25) is 0 Å². The molecule has 0 saturated heterocycles. The number of nitrogens with one attached hydrogen (secondary N) is 1. The molecule has 0 aromatic heterocycles. The van der Waals surface area contributed by atoms with Crippen LogP contribution in [-0.2, 0) is 10.3 Å². The van der Waals surface area contributed by atoms with Crippen LogP contribution in [-0.4, -0.2) is 18.3 Å². The van der Waals surface area contributed by atoms with Gasteiger partial charge >= 0.3 is 10.3 Å². The Morgan fingerprint density at radius 3 is 2.33 bits per heavy atom. The highest BCUT2D eigenvalue weighted by molar-refractivity contribution is 7.86. The van der Waals surface area contributed by atoms with Crippen LogP contribution in [0.15, 0.2) is 0 Å². The molecule has 0 saturated carbocycles. The SMILES string of the molecule is CCC(S)NS(=O)(=O)O. The molecule has 1 unspecified atom stereocenters. The van der Waals surface area contributed by atoms with Crippen LogP contribution in [0.25, 0.3) is 0 Å². The average molecular weight is 171 g/mol. The molecule has 0 heterocycles. The molecule has 0 spiro atoms. The van der Waals surface area contributed by atoms with Crippen LogP contribution < -0.4 is 4.72 Å². The summed E-state index contributed by atoms with van der Waals surface area (Å²) >= 11 is 3.77. The molecule has 2 N–H and O–H groups in total. The van der Waals surface area contributed by atoms with Crippen molar-refractivity contribution in [3.05, 3.63) is 0 Å². The van der Waals surface area contributed by atoms with Crippen LogP contribution in [0.1, 0.15) is 13.3 Å². The van der Waals surface area contributed by atoms with E-state index in [4.69, 9.17) is 4.55 Å². The van der Waals surface area contributed by atoms with Crippen molar-refractivity contribution in [3.8, 4) is 0 Å². The molecular formula is C3H9NO3S2. The number of hydrogen-bond acceptors (Lipinski definition) is 3. The van der Waals surface area contributed by atoms with Gasteiger partial charge < -0.3 is 0 Å². The first-order valence-electron chi connectivity index (χ1n) is 2.38. The lowest BCUT2D eigenvalue weighted by molar-refractivity contribution is 0.464. The third-order valence-corrected chi connectivity index (χ3v) is 1.92. The maximum atomic E-state index is 10.00.